The van der Waals surface area contributed by atoms with Gasteiger partial charge in [-0.05, 0) is 37.6 Å². The zero-order chi connectivity index (χ0) is 11.0. The molecule has 2 aromatic rings. The molecule has 3 heteroatoms. The second kappa shape index (κ2) is 3.59. The molecule has 0 amide bonds. The van der Waals surface area contributed by atoms with Crippen LogP contribution in [0.3, 0.4) is 0 Å². The Morgan fingerprint density at radius 1 is 1.40 bits per heavy atom. The number of benzene rings is 1. The second-order valence-corrected chi connectivity index (χ2v) is 3.83. The van der Waals surface area contributed by atoms with E-state index in [1.165, 1.54) is 5.69 Å². The molecule has 1 aromatic heterocycles. The summed E-state index contributed by atoms with van der Waals surface area (Å²) in [5.41, 5.74) is 8.99. The smallest absolute Gasteiger partial charge is 0.125 e. The predicted octanol–water partition coefficient (Wildman–Crippen LogP) is 1.69. The molecule has 0 bridgehead atoms. The molecular weight excluding hydrogens is 188 g/mol. The average Bonchev–Trinajstić information content (AvgIpc) is 2.46. The van der Waals surface area contributed by atoms with Gasteiger partial charge in [-0.1, -0.05) is 6.07 Å². The fourth-order valence-electron chi connectivity index (χ4n) is 2.13. The number of phenols is 1. The number of aromatic hydroxyl groups is 1. The van der Waals surface area contributed by atoms with Gasteiger partial charge >= 0.3 is 0 Å². The lowest BCUT2D eigenvalue weighted by atomic mass is 10.1. The molecule has 2 rings (SSSR count). The molecular formula is C12H16N2O. The number of aromatic nitrogens is 1. The van der Waals surface area contributed by atoms with Gasteiger partial charge in [0.25, 0.3) is 0 Å². The minimum absolute atomic E-state index is 0.347. The number of aryl methyl sites for hydroxylation is 1. The lowest BCUT2D eigenvalue weighted by Gasteiger charge is -2.00. The molecule has 0 atom stereocenters. The summed E-state index contributed by atoms with van der Waals surface area (Å²) in [6, 6.07) is 5.60. The van der Waals surface area contributed by atoms with Gasteiger partial charge in [-0.3, -0.25) is 0 Å². The summed E-state index contributed by atoms with van der Waals surface area (Å²) in [5.74, 6) is 0.347. The molecule has 80 valence electrons. The van der Waals surface area contributed by atoms with Crippen molar-refractivity contribution >= 4 is 10.9 Å². The third-order valence-corrected chi connectivity index (χ3v) is 3.02. The van der Waals surface area contributed by atoms with E-state index in [1.54, 1.807) is 6.07 Å². The zero-order valence-corrected chi connectivity index (χ0v) is 9.12. The Kier molecular flexibility index (Phi) is 2.40. The predicted molar refractivity (Wildman–Crippen MR) is 62.1 cm³/mol. The number of rotatable bonds is 2. The number of nitrogens with two attached hydrogens (primary N) is 1. The first-order chi connectivity index (χ1) is 7.16. The summed E-state index contributed by atoms with van der Waals surface area (Å²) >= 11 is 0. The van der Waals surface area contributed by atoms with Crippen molar-refractivity contribution in [3.05, 3.63) is 29.5 Å². The monoisotopic (exact) mass is 204 g/mol. The van der Waals surface area contributed by atoms with E-state index in [1.807, 2.05) is 19.2 Å². The maximum atomic E-state index is 9.86. The minimum Gasteiger partial charge on any atom is -0.507 e. The molecule has 0 fully saturated rings. The van der Waals surface area contributed by atoms with Gasteiger partial charge < -0.3 is 15.4 Å². The van der Waals surface area contributed by atoms with Crippen LogP contribution in [0, 0.1) is 6.92 Å². The SMILES string of the molecule is Cc1c(CCN)c2c(O)cccc2n1C. The van der Waals surface area contributed by atoms with Crippen molar-refractivity contribution in [1.29, 1.82) is 0 Å². The molecule has 0 radical (unpaired) electrons. The minimum atomic E-state index is 0.347. The van der Waals surface area contributed by atoms with Gasteiger partial charge in [-0.25, -0.2) is 0 Å². The normalized spacial score (nSPS) is 11.1. The Balaban J connectivity index is 2.82. The largest absolute Gasteiger partial charge is 0.507 e. The maximum Gasteiger partial charge on any atom is 0.125 e. The van der Waals surface area contributed by atoms with Gasteiger partial charge in [0, 0.05) is 18.1 Å². The highest BCUT2D eigenvalue weighted by atomic mass is 16.3. The quantitative estimate of drug-likeness (QED) is 0.782. The fraction of sp³-hybridized carbons (Fsp3) is 0.333. The van der Waals surface area contributed by atoms with Crippen molar-refractivity contribution in [2.75, 3.05) is 6.54 Å². The number of nitrogens with zero attached hydrogens (tertiary/aromatic N) is 1. The Hall–Kier alpha value is -1.48. The molecule has 1 aromatic carbocycles. The summed E-state index contributed by atoms with van der Waals surface area (Å²) in [5, 5.41) is 10.8. The van der Waals surface area contributed by atoms with Crippen LogP contribution in [-0.4, -0.2) is 16.2 Å². The summed E-state index contributed by atoms with van der Waals surface area (Å²) in [6.45, 7) is 2.67. The number of hydrogen-bond acceptors (Lipinski definition) is 2. The molecule has 0 aliphatic heterocycles. The van der Waals surface area contributed by atoms with Crippen molar-refractivity contribution in [2.45, 2.75) is 13.3 Å². The molecule has 0 unspecified atom stereocenters. The zero-order valence-electron chi connectivity index (χ0n) is 9.12. The molecule has 1 heterocycles. The highest BCUT2D eigenvalue weighted by molar-refractivity contribution is 5.90. The first-order valence-corrected chi connectivity index (χ1v) is 5.12. The van der Waals surface area contributed by atoms with Crippen molar-refractivity contribution in [3.63, 3.8) is 0 Å². The van der Waals surface area contributed by atoms with Crippen LogP contribution in [0.15, 0.2) is 18.2 Å². The van der Waals surface area contributed by atoms with Crippen LogP contribution in [-0.2, 0) is 13.5 Å². The third kappa shape index (κ3) is 1.39. The van der Waals surface area contributed by atoms with E-state index < -0.39 is 0 Å². The van der Waals surface area contributed by atoms with E-state index in [4.69, 9.17) is 5.73 Å². The van der Waals surface area contributed by atoms with Crippen LogP contribution < -0.4 is 5.73 Å². The van der Waals surface area contributed by atoms with Gasteiger partial charge in [0.05, 0.1) is 5.52 Å². The lowest BCUT2D eigenvalue weighted by Crippen LogP contribution is -2.04. The van der Waals surface area contributed by atoms with E-state index in [-0.39, 0.29) is 0 Å². The van der Waals surface area contributed by atoms with Crippen LogP contribution in [0.1, 0.15) is 11.3 Å². The average molecular weight is 204 g/mol. The summed E-state index contributed by atoms with van der Waals surface area (Å²) in [4.78, 5) is 0. The van der Waals surface area contributed by atoms with Gasteiger partial charge in [0.1, 0.15) is 5.75 Å². The number of fused-ring (bicyclic) bond motifs is 1. The van der Waals surface area contributed by atoms with Gasteiger partial charge in [0.15, 0.2) is 0 Å². The first kappa shape index (κ1) is 10.1. The fourth-order valence-corrected chi connectivity index (χ4v) is 2.13. The van der Waals surface area contributed by atoms with Crippen LogP contribution in [0.25, 0.3) is 10.9 Å². The third-order valence-electron chi connectivity index (χ3n) is 3.02. The molecule has 3 nitrogen and oxygen atoms in total. The van der Waals surface area contributed by atoms with Crippen LogP contribution in [0.2, 0.25) is 0 Å². The van der Waals surface area contributed by atoms with Crippen LogP contribution in [0.5, 0.6) is 5.75 Å². The highest BCUT2D eigenvalue weighted by Crippen LogP contribution is 2.32. The molecule has 0 saturated heterocycles. The van der Waals surface area contributed by atoms with E-state index in [0.717, 1.165) is 22.9 Å². The van der Waals surface area contributed by atoms with E-state index >= 15 is 0 Å². The van der Waals surface area contributed by atoms with Gasteiger partial charge in [-0.15, -0.1) is 0 Å². The van der Waals surface area contributed by atoms with Crippen LogP contribution in [0.4, 0.5) is 0 Å². The topological polar surface area (TPSA) is 51.2 Å². The second-order valence-electron chi connectivity index (χ2n) is 3.83. The Morgan fingerprint density at radius 2 is 2.13 bits per heavy atom. The summed E-state index contributed by atoms with van der Waals surface area (Å²) in [7, 11) is 2.01. The maximum absolute atomic E-state index is 9.86. The molecule has 15 heavy (non-hydrogen) atoms. The first-order valence-electron chi connectivity index (χ1n) is 5.12. The molecule has 0 spiro atoms. The van der Waals surface area contributed by atoms with Crippen LogP contribution >= 0.6 is 0 Å². The van der Waals surface area contributed by atoms with Crippen molar-refractivity contribution in [2.24, 2.45) is 12.8 Å². The molecule has 0 aliphatic rings. The highest BCUT2D eigenvalue weighted by Gasteiger charge is 2.13. The van der Waals surface area contributed by atoms with E-state index in [2.05, 4.69) is 11.5 Å². The van der Waals surface area contributed by atoms with Crippen molar-refractivity contribution < 1.29 is 5.11 Å². The van der Waals surface area contributed by atoms with Crippen molar-refractivity contribution in [3.8, 4) is 5.75 Å². The lowest BCUT2D eigenvalue weighted by molar-refractivity contribution is 0.481. The molecule has 0 aliphatic carbocycles. The van der Waals surface area contributed by atoms with Crippen molar-refractivity contribution in [1.82, 2.24) is 4.57 Å². The van der Waals surface area contributed by atoms with E-state index in [0.29, 0.717) is 12.3 Å². The van der Waals surface area contributed by atoms with Gasteiger partial charge in [0.2, 0.25) is 0 Å². The summed E-state index contributed by atoms with van der Waals surface area (Å²) < 4.78 is 2.10. The Labute approximate surface area is 89.1 Å². The standard InChI is InChI=1S/C12H16N2O/c1-8-9(6-7-13)12-10(14(8)2)4-3-5-11(12)15/h3-5,15H,6-7,13H2,1-2H3. The summed E-state index contributed by atoms with van der Waals surface area (Å²) in [6.07, 6.45) is 0.806. The van der Waals surface area contributed by atoms with E-state index in [9.17, 15) is 5.11 Å². The number of hydrogen-bond donors (Lipinski definition) is 2. The Bertz CT molecular complexity index is 500. The molecule has 0 saturated carbocycles. The Morgan fingerprint density at radius 3 is 2.80 bits per heavy atom. The number of phenolic OH excluding ortho intramolecular Hbond substituents is 1. The van der Waals surface area contributed by atoms with Gasteiger partial charge in [-0.2, -0.15) is 0 Å². The molecule has 3 N–H and O–H groups in total.